The molecule has 6 aromatic carbocycles. The first kappa shape index (κ1) is 29.3. The number of nitrogens with zero attached hydrogens (tertiary/aromatic N) is 2. The molecule has 0 N–H and O–H groups in total. The van der Waals surface area contributed by atoms with Crippen molar-refractivity contribution in [3.63, 3.8) is 0 Å². The van der Waals surface area contributed by atoms with Crippen LogP contribution >= 0.6 is 0 Å². The van der Waals surface area contributed by atoms with Gasteiger partial charge in [0.25, 0.3) is 0 Å². The molecule has 0 aliphatic heterocycles. The molecule has 0 bridgehead atoms. The van der Waals surface area contributed by atoms with Crippen molar-refractivity contribution in [2.24, 2.45) is 0 Å². The highest BCUT2D eigenvalue weighted by Crippen LogP contribution is 2.41. The molecule has 0 amide bonds. The Kier molecular flexibility index (Phi) is 10.1. The summed E-state index contributed by atoms with van der Waals surface area (Å²) in [7, 11) is 0. The van der Waals surface area contributed by atoms with Gasteiger partial charge in [-0.3, -0.25) is 9.80 Å². The lowest BCUT2D eigenvalue weighted by Crippen LogP contribution is -2.40. The van der Waals surface area contributed by atoms with Crippen molar-refractivity contribution in [1.29, 1.82) is 0 Å². The smallest absolute Gasteiger partial charge is 0.0552 e. The maximum Gasteiger partial charge on any atom is 0.0552 e. The zero-order valence-corrected chi connectivity index (χ0v) is 25.2. The van der Waals surface area contributed by atoms with Crippen molar-refractivity contribution in [2.75, 3.05) is 0 Å². The van der Waals surface area contributed by atoms with Gasteiger partial charge in [-0.15, -0.1) is 0 Å². The van der Waals surface area contributed by atoms with Gasteiger partial charge in [-0.05, 0) is 33.4 Å². The summed E-state index contributed by atoms with van der Waals surface area (Å²) in [5, 5.41) is 0. The molecule has 44 heavy (non-hydrogen) atoms. The van der Waals surface area contributed by atoms with Crippen LogP contribution in [0.15, 0.2) is 182 Å². The monoisotopic (exact) mass is 572 g/mol. The molecule has 0 spiro atoms. The number of hydrogen-bond acceptors (Lipinski definition) is 2. The standard InChI is InChI=1S/C42H40N2/c1-7-19-35(20-8-1)31-43(32-36-21-9-2-10-22-36)41(39-27-15-5-16-28-39)42(40-29-17-6-18-30-40)44(33-37-23-11-3-12-24-37)34-38-25-13-4-14-26-38/h1-30,41-42H,31-34H2/t41-,42-/m1/s1. The van der Waals surface area contributed by atoms with Crippen LogP contribution in [0, 0.1) is 0 Å². The van der Waals surface area contributed by atoms with Gasteiger partial charge in [-0.25, -0.2) is 0 Å². The van der Waals surface area contributed by atoms with Crippen LogP contribution in [0.4, 0.5) is 0 Å². The van der Waals surface area contributed by atoms with E-state index in [1.165, 1.54) is 33.4 Å². The average molecular weight is 573 g/mol. The molecular formula is C42H40N2. The highest BCUT2D eigenvalue weighted by atomic mass is 15.2. The minimum Gasteiger partial charge on any atom is -0.286 e. The zero-order chi connectivity index (χ0) is 29.8. The predicted octanol–water partition coefficient (Wildman–Crippen LogP) is 9.87. The molecule has 0 aliphatic carbocycles. The maximum absolute atomic E-state index is 2.68. The molecule has 0 aromatic heterocycles. The summed E-state index contributed by atoms with van der Waals surface area (Å²) in [5.74, 6) is 0. The second-order valence-electron chi connectivity index (χ2n) is 11.5. The van der Waals surface area contributed by atoms with Gasteiger partial charge in [0.15, 0.2) is 0 Å². The fourth-order valence-corrected chi connectivity index (χ4v) is 6.26. The summed E-state index contributed by atoms with van der Waals surface area (Å²) < 4.78 is 0. The van der Waals surface area contributed by atoms with E-state index in [1.807, 2.05) is 0 Å². The van der Waals surface area contributed by atoms with Gasteiger partial charge in [0.1, 0.15) is 0 Å². The zero-order valence-electron chi connectivity index (χ0n) is 25.2. The molecule has 0 fully saturated rings. The van der Waals surface area contributed by atoms with Crippen LogP contribution < -0.4 is 0 Å². The number of benzene rings is 6. The molecule has 0 heterocycles. The van der Waals surface area contributed by atoms with Gasteiger partial charge in [-0.2, -0.15) is 0 Å². The van der Waals surface area contributed by atoms with Crippen LogP contribution in [0.5, 0.6) is 0 Å². The first-order chi connectivity index (χ1) is 21.8. The summed E-state index contributed by atoms with van der Waals surface area (Å²) in [6, 6.07) is 66.1. The second kappa shape index (κ2) is 15.1. The van der Waals surface area contributed by atoms with Crippen LogP contribution in [0.1, 0.15) is 45.5 Å². The molecule has 6 rings (SSSR count). The molecule has 0 unspecified atom stereocenters. The third kappa shape index (κ3) is 7.79. The van der Waals surface area contributed by atoms with Crippen molar-refractivity contribution in [3.8, 4) is 0 Å². The van der Waals surface area contributed by atoms with Gasteiger partial charge < -0.3 is 0 Å². The van der Waals surface area contributed by atoms with E-state index in [-0.39, 0.29) is 12.1 Å². The van der Waals surface area contributed by atoms with E-state index in [2.05, 4.69) is 192 Å². The van der Waals surface area contributed by atoms with E-state index >= 15 is 0 Å². The van der Waals surface area contributed by atoms with Crippen molar-refractivity contribution >= 4 is 0 Å². The lowest BCUT2D eigenvalue weighted by atomic mass is 9.89. The van der Waals surface area contributed by atoms with Crippen molar-refractivity contribution in [2.45, 2.75) is 38.3 Å². The van der Waals surface area contributed by atoms with Crippen LogP contribution in [0.2, 0.25) is 0 Å². The number of hydrogen-bond donors (Lipinski definition) is 0. The molecule has 2 atom stereocenters. The Labute approximate surface area is 262 Å². The van der Waals surface area contributed by atoms with Gasteiger partial charge in [0, 0.05) is 26.2 Å². The van der Waals surface area contributed by atoms with Crippen molar-refractivity contribution in [3.05, 3.63) is 215 Å². The van der Waals surface area contributed by atoms with E-state index in [0.717, 1.165) is 26.2 Å². The Hall–Kier alpha value is -4.76. The lowest BCUT2D eigenvalue weighted by Gasteiger charge is -2.43. The van der Waals surface area contributed by atoms with Gasteiger partial charge in [-0.1, -0.05) is 182 Å². The van der Waals surface area contributed by atoms with Crippen LogP contribution in [0.3, 0.4) is 0 Å². The summed E-state index contributed by atoms with van der Waals surface area (Å²) in [6.07, 6.45) is 0. The van der Waals surface area contributed by atoms with Gasteiger partial charge >= 0.3 is 0 Å². The number of rotatable bonds is 13. The summed E-state index contributed by atoms with van der Waals surface area (Å²) in [5.41, 5.74) is 7.89. The molecular weight excluding hydrogens is 532 g/mol. The second-order valence-corrected chi connectivity index (χ2v) is 11.5. The average Bonchev–Trinajstić information content (AvgIpc) is 3.09. The minimum absolute atomic E-state index is 0.0754. The van der Waals surface area contributed by atoms with Crippen molar-refractivity contribution < 1.29 is 0 Å². The van der Waals surface area contributed by atoms with Crippen LogP contribution in [0.25, 0.3) is 0 Å². The van der Waals surface area contributed by atoms with Crippen LogP contribution in [-0.4, -0.2) is 9.80 Å². The van der Waals surface area contributed by atoms with E-state index in [1.54, 1.807) is 0 Å². The Balaban J connectivity index is 1.52. The molecule has 0 saturated carbocycles. The minimum atomic E-state index is 0.0754. The fourth-order valence-electron chi connectivity index (χ4n) is 6.26. The highest BCUT2D eigenvalue weighted by Gasteiger charge is 2.35. The van der Waals surface area contributed by atoms with E-state index in [9.17, 15) is 0 Å². The molecule has 6 aromatic rings. The summed E-state index contributed by atoms with van der Waals surface area (Å²) in [6.45, 7) is 3.35. The van der Waals surface area contributed by atoms with Gasteiger partial charge in [0.05, 0.1) is 12.1 Å². The molecule has 218 valence electrons. The summed E-state index contributed by atoms with van der Waals surface area (Å²) >= 11 is 0. The topological polar surface area (TPSA) is 6.48 Å². The lowest BCUT2D eigenvalue weighted by molar-refractivity contribution is 0.0546. The Morgan fingerprint density at radius 3 is 0.705 bits per heavy atom. The largest absolute Gasteiger partial charge is 0.286 e. The van der Waals surface area contributed by atoms with Gasteiger partial charge in [0.2, 0.25) is 0 Å². The maximum atomic E-state index is 2.68. The Morgan fingerprint density at radius 1 is 0.273 bits per heavy atom. The highest BCUT2D eigenvalue weighted by molar-refractivity contribution is 5.31. The third-order valence-electron chi connectivity index (χ3n) is 8.28. The molecule has 2 nitrogen and oxygen atoms in total. The molecule has 0 aliphatic rings. The van der Waals surface area contributed by atoms with Crippen molar-refractivity contribution in [1.82, 2.24) is 9.80 Å². The quantitative estimate of drug-likeness (QED) is 0.136. The first-order valence-corrected chi connectivity index (χ1v) is 15.6. The Bertz CT molecular complexity index is 1430. The SMILES string of the molecule is c1ccc(CN(Cc2ccccc2)[C@H](c2ccccc2)[C@@H](c2ccccc2)N(Cc2ccccc2)Cc2ccccc2)cc1. The fraction of sp³-hybridized carbons (Fsp3) is 0.143. The van der Waals surface area contributed by atoms with E-state index < -0.39 is 0 Å². The molecule has 2 heteroatoms. The van der Waals surface area contributed by atoms with E-state index in [0.29, 0.717) is 0 Å². The Morgan fingerprint density at radius 2 is 0.477 bits per heavy atom. The summed E-state index contributed by atoms with van der Waals surface area (Å²) in [4.78, 5) is 5.36. The predicted molar refractivity (Wildman–Crippen MR) is 183 cm³/mol. The normalized spacial score (nSPS) is 12.7. The molecule has 0 radical (unpaired) electrons. The van der Waals surface area contributed by atoms with Crippen LogP contribution in [-0.2, 0) is 26.2 Å². The molecule has 0 saturated heterocycles. The first-order valence-electron chi connectivity index (χ1n) is 15.6. The van der Waals surface area contributed by atoms with E-state index in [4.69, 9.17) is 0 Å². The third-order valence-corrected chi connectivity index (χ3v) is 8.28.